The summed E-state index contributed by atoms with van der Waals surface area (Å²) in [6.45, 7) is 4.54. The standard InChI is InChI=1S/C13H19N5/c1-2-17-7-3-5-10(17)9-12-15-16-13-11(14)6-4-8-18(12)13/h4,6,8,10H,2-3,5,7,9,14H2,1H3. The maximum absolute atomic E-state index is 5.90. The van der Waals surface area contributed by atoms with E-state index in [4.69, 9.17) is 5.73 Å². The summed E-state index contributed by atoms with van der Waals surface area (Å²) in [5, 5.41) is 8.48. The molecule has 0 spiro atoms. The molecule has 1 fully saturated rings. The molecule has 0 aromatic carbocycles. The van der Waals surface area contributed by atoms with Gasteiger partial charge in [-0.3, -0.25) is 4.40 Å². The summed E-state index contributed by atoms with van der Waals surface area (Å²) in [6.07, 6.45) is 5.49. The van der Waals surface area contributed by atoms with Crippen molar-refractivity contribution in [2.24, 2.45) is 0 Å². The number of anilines is 1. The molecule has 18 heavy (non-hydrogen) atoms. The molecule has 1 aliphatic rings. The molecule has 0 radical (unpaired) electrons. The van der Waals surface area contributed by atoms with Crippen molar-refractivity contribution < 1.29 is 0 Å². The molecule has 2 aromatic rings. The number of rotatable bonds is 3. The topological polar surface area (TPSA) is 59.5 Å². The van der Waals surface area contributed by atoms with Gasteiger partial charge in [0, 0.05) is 18.7 Å². The molecule has 2 aromatic heterocycles. The fourth-order valence-electron chi connectivity index (χ4n) is 2.88. The first-order valence-electron chi connectivity index (χ1n) is 6.61. The van der Waals surface area contributed by atoms with E-state index in [1.165, 1.54) is 19.4 Å². The van der Waals surface area contributed by atoms with Crippen LogP contribution in [-0.4, -0.2) is 38.6 Å². The Morgan fingerprint density at radius 1 is 1.44 bits per heavy atom. The second-order valence-electron chi connectivity index (χ2n) is 4.90. The molecule has 0 saturated carbocycles. The van der Waals surface area contributed by atoms with Crippen molar-refractivity contribution in [3.8, 4) is 0 Å². The predicted molar refractivity (Wildman–Crippen MR) is 71.4 cm³/mol. The quantitative estimate of drug-likeness (QED) is 0.886. The lowest BCUT2D eigenvalue weighted by atomic mass is 10.1. The predicted octanol–water partition coefficient (Wildman–Crippen LogP) is 1.34. The number of pyridine rings is 1. The van der Waals surface area contributed by atoms with Gasteiger partial charge in [0.1, 0.15) is 5.82 Å². The van der Waals surface area contributed by atoms with E-state index in [-0.39, 0.29) is 0 Å². The average Bonchev–Trinajstić information content (AvgIpc) is 2.98. The summed E-state index contributed by atoms with van der Waals surface area (Å²) >= 11 is 0. The van der Waals surface area contributed by atoms with Crippen LogP contribution in [0.15, 0.2) is 18.3 Å². The highest BCUT2D eigenvalue weighted by Crippen LogP contribution is 2.21. The third-order valence-electron chi connectivity index (χ3n) is 3.86. The Kier molecular flexibility index (Phi) is 2.91. The molecule has 5 nitrogen and oxygen atoms in total. The van der Waals surface area contributed by atoms with Crippen LogP contribution in [-0.2, 0) is 6.42 Å². The van der Waals surface area contributed by atoms with Crippen molar-refractivity contribution in [2.45, 2.75) is 32.2 Å². The zero-order valence-corrected chi connectivity index (χ0v) is 10.7. The number of hydrogen-bond donors (Lipinski definition) is 1. The smallest absolute Gasteiger partial charge is 0.183 e. The Labute approximate surface area is 107 Å². The van der Waals surface area contributed by atoms with Crippen LogP contribution in [0.25, 0.3) is 5.65 Å². The Hall–Kier alpha value is -1.62. The van der Waals surface area contributed by atoms with Crippen LogP contribution in [0.4, 0.5) is 5.69 Å². The molecule has 1 saturated heterocycles. The van der Waals surface area contributed by atoms with Crippen molar-refractivity contribution in [2.75, 3.05) is 18.8 Å². The van der Waals surface area contributed by atoms with E-state index in [1.807, 2.05) is 22.7 Å². The molecule has 1 atom stereocenters. The molecule has 96 valence electrons. The lowest BCUT2D eigenvalue weighted by Crippen LogP contribution is -2.31. The number of fused-ring (bicyclic) bond motifs is 1. The van der Waals surface area contributed by atoms with Gasteiger partial charge in [0.15, 0.2) is 5.65 Å². The average molecular weight is 245 g/mol. The van der Waals surface area contributed by atoms with E-state index in [2.05, 4.69) is 22.0 Å². The van der Waals surface area contributed by atoms with Gasteiger partial charge >= 0.3 is 0 Å². The summed E-state index contributed by atoms with van der Waals surface area (Å²) in [6, 6.07) is 4.41. The second-order valence-corrected chi connectivity index (χ2v) is 4.90. The minimum Gasteiger partial charge on any atom is -0.396 e. The van der Waals surface area contributed by atoms with Gasteiger partial charge in [-0.05, 0) is 38.1 Å². The van der Waals surface area contributed by atoms with Crippen LogP contribution in [0.1, 0.15) is 25.6 Å². The number of hydrogen-bond acceptors (Lipinski definition) is 4. The summed E-state index contributed by atoms with van der Waals surface area (Å²) in [5.74, 6) is 1.02. The maximum atomic E-state index is 5.90. The third-order valence-corrected chi connectivity index (χ3v) is 3.86. The molecule has 5 heteroatoms. The van der Waals surface area contributed by atoms with E-state index in [0.717, 1.165) is 24.4 Å². The van der Waals surface area contributed by atoms with Crippen LogP contribution in [0.5, 0.6) is 0 Å². The minimum atomic E-state index is 0.601. The summed E-state index contributed by atoms with van der Waals surface area (Å²) in [5.41, 5.74) is 7.36. The number of nitrogen functional groups attached to an aromatic ring is 1. The Bertz CT molecular complexity index is 547. The largest absolute Gasteiger partial charge is 0.396 e. The summed E-state index contributed by atoms with van der Waals surface area (Å²) in [4.78, 5) is 2.52. The summed E-state index contributed by atoms with van der Waals surface area (Å²) in [7, 11) is 0. The van der Waals surface area contributed by atoms with E-state index in [0.29, 0.717) is 11.7 Å². The van der Waals surface area contributed by atoms with Crippen LogP contribution in [0.3, 0.4) is 0 Å². The Balaban J connectivity index is 1.89. The van der Waals surface area contributed by atoms with Gasteiger partial charge in [-0.2, -0.15) is 0 Å². The second kappa shape index (κ2) is 4.57. The number of nitrogens with two attached hydrogens (primary N) is 1. The molecule has 0 amide bonds. The Morgan fingerprint density at radius 3 is 3.17 bits per heavy atom. The number of likely N-dealkylation sites (N-methyl/N-ethyl adjacent to an activating group) is 1. The van der Waals surface area contributed by atoms with Gasteiger partial charge in [0.2, 0.25) is 0 Å². The van der Waals surface area contributed by atoms with E-state index >= 15 is 0 Å². The maximum Gasteiger partial charge on any atom is 0.183 e. The molecule has 1 unspecified atom stereocenters. The minimum absolute atomic E-state index is 0.601. The van der Waals surface area contributed by atoms with Crippen molar-refractivity contribution in [1.82, 2.24) is 19.5 Å². The molecular weight excluding hydrogens is 226 g/mol. The van der Waals surface area contributed by atoms with Crippen LogP contribution < -0.4 is 5.73 Å². The Morgan fingerprint density at radius 2 is 2.33 bits per heavy atom. The highest BCUT2D eigenvalue weighted by atomic mass is 15.3. The van der Waals surface area contributed by atoms with Gasteiger partial charge in [-0.1, -0.05) is 6.92 Å². The van der Waals surface area contributed by atoms with E-state index in [1.54, 1.807) is 0 Å². The lowest BCUT2D eigenvalue weighted by Gasteiger charge is -2.21. The van der Waals surface area contributed by atoms with Crippen molar-refractivity contribution >= 4 is 11.3 Å². The molecule has 3 rings (SSSR count). The first-order valence-corrected chi connectivity index (χ1v) is 6.61. The molecule has 1 aliphatic heterocycles. The van der Waals surface area contributed by atoms with Crippen molar-refractivity contribution in [3.05, 3.63) is 24.2 Å². The molecule has 3 heterocycles. The number of likely N-dealkylation sites (tertiary alicyclic amines) is 1. The van der Waals surface area contributed by atoms with Crippen LogP contribution in [0.2, 0.25) is 0 Å². The zero-order chi connectivity index (χ0) is 12.5. The number of aromatic nitrogens is 3. The monoisotopic (exact) mass is 245 g/mol. The zero-order valence-electron chi connectivity index (χ0n) is 10.7. The molecule has 0 bridgehead atoms. The fourth-order valence-corrected chi connectivity index (χ4v) is 2.88. The molecular formula is C13H19N5. The fraction of sp³-hybridized carbons (Fsp3) is 0.538. The summed E-state index contributed by atoms with van der Waals surface area (Å²) < 4.78 is 2.02. The highest BCUT2D eigenvalue weighted by Gasteiger charge is 2.24. The van der Waals surface area contributed by atoms with E-state index < -0.39 is 0 Å². The van der Waals surface area contributed by atoms with Crippen molar-refractivity contribution in [3.63, 3.8) is 0 Å². The third kappa shape index (κ3) is 1.84. The van der Waals surface area contributed by atoms with Crippen molar-refractivity contribution in [1.29, 1.82) is 0 Å². The van der Waals surface area contributed by atoms with E-state index in [9.17, 15) is 0 Å². The van der Waals surface area contributed by atoms with Crippen LogP contribution in [0, 0.1) is 0 Å². The first-order chi connectivity index (χ1) is 8.79. The molecule has 0 aliphatic carbocycles. The highest BCUT2D eigenvalue weighted by molar-refractivity contribution is 5.63. The van der Waals surface area contributed by atoms with Gasteiger partial charge < -0.3 is 10.6 Å². The first kappa shape index (κ1) is 11.5. The van der Waals surface area contributed by atoms with Gasteiger partial charge in [-0.15, -0.1) is 10.2 Å². The van der Waals surface area contributed by atoms with Gasteiger partial charge in [0.05, 0.1) is 5.69 Å². The van der Waals surface area contributed by atoms with Gasteiger partial charge in [0.25, 0.3) is 0 Å². The molecule has 2 N–H and O–H groups in total. The van der Waals surface area contributed by atoms with Gasteiger partial charge in [-0.25, -0.2) is 0 Å². The van der Waals surface area contributed by atoms with Crippen LogP contribution >= 0.6 is 0 Å². The SMILES string of the molecule is CCN1CCCC1Cc1nnc2c(N)cccn12. The number of nitrogens with zero attached hydrogens (tertiary/aromatic N) is 4. The lowest BCUT2D eigenvalue weighted by molar-refractivity contribution is 0.263. The normalized spacial score (nSPS) is 20.8.